The maximum atomic E-state index is 5.86. The number of nitrogens with one attached hydrogen (secondary N) is 1. The summed E-state index contributed by atoms with van der Waals surface area (Å²) >= 11 is 0. The summed E-state index contributed by atoms with van der Waals surface area (Å²) < 4.78 is 5.86. The van der Waals surface area contributed by atoms with Crippen molar-refractivity contribution in [3.05, 3.63) is 29.8 Å². The molecular weight excluding hydrogens is 186 g/mol. The molecule has 1 heterocycles. The lowest BCUT2D eigenvalue weighted by Crippen LogP contribution is -2.41. The molecule has 1 aliphatic heterocycles. The Hall–Kier alpha value is -1.02. The first-order valence-corrected chi connectivity index (χ1v) is 5.90. The molecule has 1 atom stereocenters. The molecular formula is C13H17NO. The first-order valence-electron chi connectivity index (χ1n) is 5.90. The Morgan fingerprint density at radius 3 is 2.87 bits per heavy atom. The molecule has 0 amide bonds. The molecule has 0 bridgehead atoms. The van der Waals surface area contributed by atoms with Crippen LogP contribution in [-0.4, -0.2) is 18.7 Å². The van der Waals surface area contributed by atoms with Gasteiger partial charge in [-0.2, -0.15) is 0 Å². The highest BCUT2D eigenvalue weighted by Crippen LogP contribution is 2.28. The number of ether oxygens (including phenoxy) is 1. The third-order valence-electron chi connectivity index (χ3n) is 3.45. The lowest BCUT2D eigenvalue weighted by atomic mass is 9.93. The Bertz CT molecular complexity index is 321. The molecule has 2 nitrogen and oxygen atoms in total. The lowest BCUT2D eigenvalue weighted by Gasteiger charge is -2.27. The van der Waals surface area contributed by atoms with Gasteiger partial charge >= 0.3 is 0 Å². The van der Waals surface area contributed by atoms with E-state index in [9.17, 15) is 0 Å². The van der Waals surface area contributed by atoms with E-state index in [0.717, 1.165) is 24.8 Å². The van der Waals surface area contributed by atoms with Crippen molar-refractivity contribution in [3.63, 3.8) is 0 Å². The second kappa shape index (κ2) is 3.86. The van der Waals surface area contributed by atoms with Crippen LogP contribution < -0.4 is 10.1 Å². The van der Waals surface area contributed by atoms with Gasteiger partial charge in [-0.3, -0.25) is 0 Å². The summed E-state index contributed by atoms with van der Waals surface area (Å²) in [6.07, 6.45) is 5.50. The van der Waals surface area contributed by atoms with E-state index in [1.165, 1.54) is 24.8 Å². The Morgan fingerprint density at radius 2 is 2.13 bits per heavy atom. The molecule has 1 saturated carbocycles. The zero-order chi connectivity index (χ0) is 10.1. The minimum Gasteiger partial charge on any atom is -0.488 e. The summed E-state index contributed by atoms with van der Waals surface area (Å²) in [5.41, 5.74) is 1.36. The quantitative estimate of drug-likeness (QED) is 0.812. The van der Waals surface area contributed by atoms with Gasteiger partial charge in [-0.1, -0.05) is 24.6 Å². The van der Waals surface area contributed by atoms with Crippen molar-refractivity contribution in [1.82, 2.24) is 5.32 Å². The van der Waals surface area contributed by atoms with E-state index in [1.54, 1.807) is 0 Å². The van der Waals surface area contributed by atoms with Crippen molar-refractivity contribution in [2.24, 2.45) is 0 Å². The van der Waals surface area contributed by atoms with Crippen LogP contribution in [0.4, 0.5) is 0 Å². The molecule has 1 aromatic rings. The summed E-state index contributed by atoms with van der Waals surface area (Å²) in [6, 6.07) is 9.12. The largest absolute Gasteiger partial charge is 0.488 e. The van der Waals surface area contributed by atoms with Gasteiger partial charge in [0.25, 0.3) is 0 Å². The average Bonchev–Trinajstić information content (AvgIpc) is 2.57. The molecule has 0 saturated heterocycles. The molecule has 15 heavy (non-hydrogen) atoms. The molecule has 0 radical (unpaired) electrons. The SMILES string of the molecule is c1ccc2c(c1)CC(CNC1CCC1)O2. The van der Waals surface area contributed by atoms with Crippen LogP contribution in [0.1, 0.15) is 24.8 Å². The molecule has 1 fully saturated rings. The molecule has 80 valence electrons. The van der Waals surface area contributed by atoms with Crippen molar-refractivity contribution in [1.29, 1.82) is 0 Å². The van der Waals surface area contributed by atoms with E-state index in [2.05, 4.69) is 23.5 Å². The van der Waals surface area contributed by atoms with E-state index in [0.29, 0.717) is 6.10 Å². The van der Waals surface area contributed by atoms with Crippen LogP contribution in [0.15, 0.2) is 24.3 Å². The topological polar surface area (TPSA) is 21.3 Å². The van der Waals surface area contributed by atoms with E-state index in [4.69, 9.17) is 4.74 Å². The maximum Gasteiger partial charge on any atom is 0.123 e. The number of hydrogen-bond acceptors (Lipinski definition) is 2. The zero-order valence-electron chi connectivity index (χ0n) is 8.91. The standard InChI is InChI=1S/C13H17NO/c1-2-7-13-10(4-1)8-12(15-13)9-14-11-5-3-6-11/h1-2,4,7,11-12,14H,3,5-6,8-9H2. The van der Waals surface area contributed by atoms with Gasteiger partial charge in [0.2, 0.25) is 0 Å². The molecule has 0 spiro atoms. The number of benzene rings is 1. The highest BCUT2D eigenvalue weighted by molar-refractivity contribution is 5.37. The monoisotopic (exact) mass is 203 g/mol. The average molecular weight is 203 g/mol. The van der Waals surface area contributed by atoms with Crippen molar-refractivity contribution < 1.29 is 4.74 Å². The second-order valence-electron chi connectivity index (χ2n) is 4.59. The van der Waals surface area contributed by atoms with E-state index >= 15 is 0 Å². The van der Waals surface area contributed by atoms with Gasteiger partial charge in [0.05, 0.1) is 0 Å². The molecule has 0 aromatic heterocycles. The van der Waals surface area contributed by atoms with Crippen LogP contribution in [-0.2, 0) is 6.42 Å². The predicted octanol–water partition coefficient (Wildman–Crippen LogP) is 2.13. The van der Waals surface area contributed by atoms with Gasteiger partial charge in [0.15, 0.2) is 0 Å². The molecule has 1 N–H and O–H groups in total. The maximum absolute atomic E-state index is 5.86. The fourth-order valence-corrected chi connectivity index (χ4v) is 2.28. The fraction of sp³-hybridized carbons (Fsp3) is 0.538. The smallest absolute Gasteiger partial charge is 0.123 e. The summed E-state index contributed by atoms with van der Waals surface area (Å²) in [5.74, 6) is 1.08. The van der Waals surface area contributed by atoms with Crippen LogP contribution in [0.5, 0.6) is 5.75 Å². The number of rotatable bonds is 3. The minimum atomic E-state index is 0.350. The minimum absolute atomic E-state index is 0.350. The van der Waals surface area contributed by atoms with Gasteiger partial charge < -0.3 is 10.1 Å². The molecule has 3 rings (SSSR count). The third kappa shape index (κ3) is 1.86. The van der Waals surface area contributed by atoms with Crippen molar-refractivity contribution in [2.45, 2.75) is 37.8 Å². The normalized spacial score (nSPS) is 24.4. The van der Waals surface area contributed by atoms with Crippen LogP contribution in [0.2, 0.25) is 0 Å². The molecule has 2 aliphatic rings. The van der Waals surface area contributed by atoms with Crippen molar-refractivity contribution in [3.8, 4) is 5.75 Å². The van der Waals surface area contributed by atoms with E-state index in [-0.39, 0.29) is 0 Å². The van der Waals surface area contributed by atoms with Crippen molar-refractivity contribution in [2.75, 3.05) is 6.54 Å². The molecule has 1 unspecified atom stereocenters. The molecule has 1 aromatic carbocycles. The Kier molecular flexibility index (Phi) is 2.37. The molecule has 1 aliphatic carbocycles. The van der Waals surface area contributed by atoms with Gasteiger partial charge in [0.1, 0.15) is 11.9 Å². The summed E-state index contributed by atoms with van der Waals surface area (Å²) in [6.45, 7) is 0.999. The summed E-state index contributed by atoms with van der Waals surface area (Å²) in [4.78, 5) is 0. The first-order chi connectivity index (χ1) is 7.42. The zero-order valence-corrected chi connectivity index (χ0v) is 8.91. The third-order valence-corrected chi connectivity index (χ3v) is 3.45. The highest BCUT2D eigenvalue weighted by Gasteiger charge is 2.24. The Labute approximate surface area is 90.6 Å². The van der Waals surface area contributed by atoms with E-state index < -0.39 is 0 Å². The van der Waals surface area contributed by atoms with Gasteiger partial charge in [0, 0.05) is 19.0 Å². The second-order valence-corrected chi connectivity index (χ2v) is 4.59. The highest BCUT2D eigenvalue weighted by atomic mass is 16.5. The number of fused-ring (bicyclic) bond motifs is 1. The van der Waals surface area contributed by atoms with Gasteiger partial charge in [-0.05, 0) is 24.5 Å². The van der Waals surface area contributed by atoms with Crippen LogP contribution in [0.3, 0.4) is 0 Å². The van der Waals surface area contributed by atoms with Gasteiger partial charge in [-0.25, -0.2) is 0 Å². The van der Waals surface area contributed by atoms with Gasteiger partial charge in [-0.15, -0.1) is 0 Å². The predicted molar refractivity (Wildman–Crippen MR) is 60.2 cm³/mol. The van der Waals surface area contributed by atoms with Crippen molar-refractivity contribution >= 4 is 0 Å². The van der Waals surface area contributed by atoms with Crippen LogP contribution >= 0.6 is 0 Å². The van der Waals surface area contributed by atoms with Crippen LogP contribution in [0.25, 0.3) is 0 Å². The van der Waals surface area contributed by atoms with E-state index in [1.807, 2.05) is 6.07 Å². The number of hydrogen-bond donors (Lipinski definition) is 1. The summed E-state index contributed by atoms with van der Waals surface area (Å²) in [7, 11) is 0. The Balaban J connectivity index is 1.54. The van der Waals surface area contributed by atoms with Crippen LogP contribution in [0, 0.1) is 0 Å². The fourth-order valence-electron chi connectivity index (χ4n) is 2.28. The molecule has 2 heteroatoms. The lowest BCUT2D eigenvalue weighted by molar-refractivity contribution is 0.207. The first kappa shape index (κ1) is 9.22. The summed E-state index contributed by atoms with van der Waals surface area (Å²) in [5, 5.41) is 3.57. The number of para-hydroxylation sites is 1. The Morgan fingerprint density at radius 1 is 1.27 bits per heavy atom.